The largest absolute Gasteiger partial charge is 0.416 e. The molecule has 0 spiro atoms. The molecule has 3 rings (SSSR count). The quantitative estimate of drug-likeness (QED) is 0.372. The molecule has 1 atom stereocenters. The molecule has 0 N–H and O–H groups in total. The molecule has 1 unspecified atom stereocenters. The number of halogens is 3. The van der Waals surface area contributed by atoms with E-state index in [9.17, 15) is 13.2 Å². The van der Waals surface area contributed by atoms with Crippen LogP contribution in [0, 0.1) is 0 Å². The molecule has 1 aliphatic heterocycles. The summed E-state index contributed by atoms with van der Waals surface area (Å²) in [5.74, 6) is 0. The number of anilines is 1. The molecule has 2 aromatic carbocycles. The zero-order chi connectivity index (χ0) is 26.9. The van der Waals surface area contributed by atoms with Gasteiger partial charge in [0.05, 0.1) is 11.7 Å². The van der Waals surface area contributed by atoms with E-state index in [-0.39, 0.29) is 5.41 Å². The van der Waals surface area contributed by atoms with Gasteiger partial charge < -0.3 is 9.13 Å². The lowest BCUT2D eigenvalue weighted by Crippen LogP contribution is -2.66. The molecule has 0 aromatic heterocycles. The van der Waals surface area contributed by atoms with Gasteiger partial charge in [-0.15, -0.1) is 0 Å². The third kappa shape index (κ3) is 5.28. The standard InChI is InChI=1S/C28H43F3N2Si2/c1-26(2,3)19-16-17-23-21(18-19)20-14-13-15-22(28(29,30)31)24(20)25(32(23)27(4,5)6)33(34(7,8)9)35(10,11)12/h13-18,25H,1-12H3. The molecule has 0 bridgehead atoms. The van der Waals surface area contributed by atoms with Crippen molar-refractivity contribution in [2.24, 2.45) is 0 Å². The highest BCUT2D eigenvalue weighted by molar-refractivity contribution is 6.89. The molecule has 0 radical (unpaired) electrons. The molecule has 7 heteroatoms. The number of hydrogen-bond acceptors (Lipinski definition) is 2. The number of rotatable bonds is 3. The van der Waals surface area contributed by atoms with Gasteiger partial charge in [0.2, 0.25) is 0 Å². The average Bonchev–Trinajstić information content (AvgIpc) is 2.62. The third-order valence-corrected chi connectivity index (χ3v) is 14.1. The van der Waals surface area contributed by atoms with Gasteiger partial charge >= 0.3 is 6.18 Å². The highest BCUT2D eigenvalue weighted by atomic mass is 28.4. The van der Waals surface area contributed by atoms with Gasteiger partial charge in [-0.3, -0.25) is 0 Å². The van der Waals surface area contributed by atoms with Crippen molar-refractivity contribution in [1.29, 1.82) is 0 Å². The summed E-state index contributed by atoms with van der Waals surface area (Å²) in [7, 11) is -4.11. The summed E-state index contributed by atoms with van der Waals surface area (Å²) in [5, 5.41) is 0. The zero-order valence-corrected chi connectivity index (χ0v) is 25.6. The molecule has 1 aliphatic rings. The topological polar surface area (TPSA) is 6.48 Å². The molecular weight excluding hydrogens is 477 g/mol. The molecular formula is C28H43F3N2Si2. The first-order valence-corrected chi connectivity index (χ1v) is 19.4. The first-order valence-electron chi connectivity index (χ1n) is 12.5. The number of benzene rings is 2. The van der Waals surface area contributed by atoms with Crippen LogP contribution in [0.3, 0.4) is 0 Å². The molecule has 2 nitrogen and oxygen atoms in total. The summed E-state index contributed by atoms with van der Waals surface area (Å²) >= 11 is 0. The van der Waals surface area contributed by atoms with Gasteiger partial charge in [0.25, 0.3) is 0 Å². The normalized spacial score (nSPS) is 17.5. The second kappa shape index (κ2) is 8.49. The lowest BCUT2D eigenvalue weighted by molar-refractivity contribution is -0.138. The minimum atomic E-state index is -4.43. The van der Waals surface area contributed by atoms with Crippen LogP contribution in [0.4, 0.5) is 18.9 Å². The van der Waals surface area contributed by atoms with Gasteiger partial charge in [-0.1, -0.05) is 78.3 Å². The first kappa shape index (κ1) is 28.0. The van der Waals surface area contributed by atoms with E-state index in [1.165, 1.54) is 6.07 Å². The SMILES string of the molecule is CC(C)(C)c1ccc2c(c1)-c1cccc(C(F)(F)F)c1C(N([Si](C)(C)C)[Si](C)(C)C)N2C(C)(C)C. The van der Waals surface area contributed by atoms with Crippen LogP contribution in [-0.2, 0) is 11.6 Å². The molecule has 0 amide bonds. The smallest absolute Gasteiger partial charge is 0.347 e. The van der Waals surface area contributed by atoms with Crippen molar-refractivity contribution in [1.82, 2.24) is 4.23 Å². The number of nitrogens with zero attached hydrogens (tertiary/aromatic N) is 2. The van der Waals surface area contributed by atoms with Gasteiger partial charge in [-0.2, -0.15) is 13.2 Å². The molecule has 0 saturated carbocycles. The predicted octanol–water partition coefficient (Wildman–Crippen LogP) is 9.26. The van der Waals surface area contributed by atoms with Crippen molar-refractivity contribution < 1.29 is 13.2 Å². The van der Waals surface area contributed by atoms with Crippen LogP contribution in [0.15, 0.2) is 36.4 Å². The van der Waals surface area contributed by atoms with Crippen molar-refractivity contribution in [2.45, 2.75) is 104 Å². The van der Waals surface area contributed by atoms with Crippen LogP contribution in [0.25, 0.3) is 11.1 Å². The predicted molar refractivity (Wildman–Crippen MR) is 149 cm³/mol. The van der Waals surface area contributed by atoms with Crippen molar-refractivity contribution in [3.05, 3.63) is 53.1 Å². The summed E-state index contributed by atoms with van der Waals surface area (Å²) in [5.41, 5.74) is 3.16. The van der Waals surface area contributed by atoms with Crippen molar-refractivity contribution >= 4 is 22.2 Å². The summed E-state index contributed by atoms with van der Waals surface area (Å²) in [6.45, 7) is 26.4. The zero-order valence-electron chi connectivity index (χ0n) is 23.6. The van der Waals surface area contributed by atoms with Crippen molar-refractivity contribution in [3.8, 4) is 11.1 Å². The fourth-order valence-electron chi connectivity index (χ4n) is 5.73. The monoisotopic (exact) mass is 520 g/mol. The highest BCUT2D eigenvalue weighted by Crippen LogP contribution is 2.54. The molecule has 2 aromatic rings. The second-order valence-corrected chi connectivity index (χ2v) is 24.0. The van der Waals surface area contributed by atoms with Crippen LogP contribution in [-0.4, -0.2) is 26.2 Å². The third-order valence-electron chi connectivity index (χ3n) is 6.74. The molecule has 35 heavy (non-hydrogen) atoms. The van der Waals surface area contributed by atoms with E-state index >= 15 is 0 Å². The minimum Gasteiger partial charge on any atom is -0.347 e. The van der Waals surface area contributed by atoms with Gasteiger partial charge in [0, 0.05) is 22.4 Å². The van der Waals surface area contributed by atoms with E-state index in [0.29, 0.717) is 11.1 Å². The first-order chi connectivity index (χ1) is 15.6. The maximum atomic E-state index is 14.7. The Labute approximate surface area is 212 Å². The van der Waals surface area contributed by atoms with E-state index < -0.39 is 39.9 Å². The highest BCUT2D eigenvalue weighted by Gasteiger charge is 2.51. The second-order valence-electron chi connectivity index (χ2n) is 13.9. The van der Waals surface area contributed by atoms with E-state index in [1.54, 1.807) is 6.07 Å². The minimum absolute atomic E-state index is 0.108. The van der Waals surface area contributed by atoms with Crippen molar-refractivity contribution in [2.75, 3.05) is 4.90 Å². The molecule has 0 fully saturated rings. The summed E-state index contributed by atoms with van der Waals surface area (Å²) in [6, 6.07) is 11.2. The lowest BCUT2D eigenvalue weighted by Gasteiger charge is -2.58. The average molecular weight is 521 g/mol. The molecule has 194 valence electrons. The van der Waals surface area contributed by atoms with E-state index in [0.717, 1.165) is 16.8 Å². The Kier molecular flexibility index (Phi) is 6.79. The maximum Gasteiger partial charge on any atom is 0.416 e. The Morgan fingerprint density at radius 2 is 1.31 bits per heavy atom. The summed E-state index contributed by atoms with van der Waals surface area (Å²) in [4.78, 5) is 2.28. The Morgan fingerprint density at radius 1 is 0.771 bits per heavy atom. The van der Waals surface area contributed by atoms with Crippen LogP contribution in [0.5, 0.6) is 0 Å². The van der Waals surface area contributed by atoms with Crippen LogP contribution < -0.4 is 4.90 Å². The number of fused-ring (bicyclic) bond motifs is 3. The van der Waals surface area contributed by atoms with Crippen LogP contribution >= 0.6 is 0 Å². The van der Waals surface area contributed by atoms with Crippen molar-refractivity contribution in [3.63, 3.8) is 0 Å². The van der Waals surface area contributed by atoms with Crippen LogP contribution in [0.1, 0.15) is 64.4 Å². The lowest BCUT2D eigenvalue weighted by atomic mass is 9.80. The number of hydrogen-bond donors (Lipinski definition) is 0. The Balaban J connectivity index is 2.56. The van der Waals surface area contributed by atoms with Crippen LogP contribution in [0.2, 0.25) is 39.3 Å². The molecule has 1 heterocycles. The fourth-order valence-corrected chi connectivity index (χ4v) is 15.7. The molecule has 0 aliphatic carbocycles. The van der Waals surface area contributed by atoms with E-state index in [2.05, 4.69) is 108 Å². The Hall–Kier alpha value is -1.58. The van der Waals surface area contributed by atoms with E-state index in [4.69, 9.17) is 0 Å². The van der Waals surface area contributed by atoms with Gasteiger partial charge in [0.1, 0.15) is 16.5 Å². The van der Waals surface area contributed by atoms with Gasteiger partial charge in [0.15, 0.2) is 0 Å². The van der Waals surface area contributed by atoms with Gasteiger partial charge in [-0.25, -0.2) is 0 Å². The number of alkyl halides is 3. The summed E-state index contributed by atoms with van der Waals surface area (Å²) in [6.07, 6.45) is -4.91. The van der Waals surface area contributed by atoms with E-state index in [1.807, 2.05) is 6.07 Å². The Morgan fingerprint density at radius 3 is 1.74 bits per heavy atom. The summed E-state index contributed by atoms with van der Waals surface area (Å²) < 4.78 is 46.5. The maximum absolute atomic E-state index is 14.7. The molecule has 0 saturated heterocycles. The van der Waals surface area contributed by atoms with Gasteiger partial charge in [-0.05, 0) is 55.5 Å². The Bertz CT molecular complexity index is 1080. The fraction of sp³-hybridized carbons (Fsp3) is 0.571.